The predicted octanol–water partition coefficient (Wildman–Crippen LogP) is 5.07. The second kappa shape index (κ2) is 7.67. The van der Waals surface area contributed by atoms with Crippen molar-refractivity contribution in [1.29, 1.82) is 0 Å². The van der Waals surface area contributed by atoms with Crippen LogP contribution in [0.3, 0.4) is 0 Å². The highest BCUT2D eigenvalue weighted by molar-refractivity contribution is 7.17. The number of hydrogen-bond donors (Lipinski definition) is 1. The number of aryl methyl sites for hydroxylation is 2. The van der Waals surface area contributed by atoms with E-state index in [0.717, 1.165) is 41.1 Å². The molecule has 0 unspecified atom stereocenters. The van der Waals surface area contributed by atoms with Crippen LogP contribution in [0.1, 0.15) is 22.7 Å². The molecule has 4 rings (SSSR count). The first-order chi connectivity index (χ1) is 13.6. The summed E-state index contributed by atoms with van der Waals surface area (Å²) in [4.78, 5) is 9.97. The number of thiazole rings is 1. The maximum Gasteiger partial charge on any atom is 0.162 e. The molecule has 0 spiro atoms. The predicted molar refractivity (Wildman–Crippen MR) is 109 cm³/mol. The molecule has 7 heteroatoms. The molecule has 0 amide bonds. The Balaban J connectivity index is 1.75. The normalized spacial score (nSPS) is 13.5. The average molecular weight is 399 g/mol. The van der Waals surface area contributed by atoms with E-state index < -0.39 is 11.6 Å². The Morgan fingerprint density at radius 1 is 1.18 bits per heavy atom. The van der Waals surface area contributed by atoms with E-state index in [0.29, 0.717) is 10.8 Å². The van der Waals surface area contributed by atoms with Crippen molar-refractivity contribution in [3.8, 4) is 16.2 Å². The maximum atomic E-state index is 14.0. The van der Waals surface area contributed by atoms with Crippen LogP contribution in [-0.4, -0.2) is 25.0 Å². The molecule has 1 heterocycles. The van der Waals surface area contributed by atoms with Crippen LogP contribution in [0.2, 0.25) is 0 Å². The van der Waals surface area contributed by atoms with Gasteiger partial charge in [-0.05, 0) is 49.1 Å². The summed E-state index contributed by atoms with van der Waals surface area (Å²) in [5.74, 6) is -0.215. The molecule has 0 aliphatic heterocycles. The van der Waals surface area contributed by atoms with Gasteiger partial charge in [0.05, 0.1) is 17.7 Å². The number of hydrogen-bond acceptors (Lipinski definition) is 4. The zero-order valence-corrected chi connectivity index (χ0v) is 16.4. The van der Waals surface area contributed by atoms with Gasteiger partial charge in [0.2, 0.25) is 0 Å². The lowest BCUT2D eigenvalue weighted by atomic mass is 10.0. The largest absolute Gasteiger partial charge is 0.497 e. The number of rotatable bonds is 3. The van der Waals surface area contributed by atoms with E-state index in [-0.39, 0.29) is 5.69 Å². The fourth-order valence-corrected chi connectivity index (χ4v) is 4.49. The number of halogens is 2. The topological polar surface area (TPSA) is 46.5 Å². The summed E-state index contributed by atoms with van der Waals surface area (Å²) in [6.45, 7) is 0. The van der Waals surface area contributed by atoms with Crippen LogP contribution in [0.15, 0.2) is 41.4 Å². The van der Waals surface area contributed by atoms with Crippen molar-refractivity contribution in [2.24, 2.45) is 4.99 Å². The van der Waals surface area contributed by atoms with E-state index in [4.69, 9.17) is 9.72 Å². The molecule has 0 atom stereocenters. The van der Waals surface area contributed by atoms with Gasteiger partial charge in [-0.1, -0.05) is 12.1 Å². The third-order valence-electron chi connectivity index (χ3n) is 4.75. The number of amidine groups is 1. The molecular formula is C21H19F2N3OS. The van der Waals surface area contributed by atoms with Crippen LogP contribution in [-0.2, 0) is 12.8 Å². The first-order valence-electron chi connectivity index (χ1n) is 8.96. The quantitative estimate of drug-likeness (QED) is 0.494. The molecule has 2 aromatic carbocycles. The van der Waals surface area contributed by atoms with Gasteiger partial charge in [-0.2, -0.15) is 0 Å². The fraction of sp³-hybridized carbons (Fsp3) is 0.238. The Morgan fingerprint density at radius 3 is 2.68 bits per heavy atom. The Labute approximate surface area is 165 Å². The van der Waals surface area contributed by atoms with Crippen molar-refractivity contribution in [3.63, 3.8) is 0 Å². The van der Waals surface area contributed by atoms with Crippen molar-refractivity contribution in [1.82, 2.24) is 4.98 Å². The monoisotopic (exact) mass is 399 g/mol. The SMILES string of the molecule is CN=C(Nc1c(F)cccc1F)c1nc2c(s1)-c1cc(OC)ccc1CCC2. The van der Waals surface area contributed by atoms with Gasteiger partial charge in [0, 0.05) is 12.6 Å². The number of anilines is 1. The van der Waals surface area contributed by atoms with E-state index in [2.05, 4.69) is 16.4 Å². The second-order valence-corrected chi connectivity index (χ2v) is 7.46. The smallest absolute Gasteiger partial charge is 0.162 e. The maximum absolute atomic E-state index is 14.0. The standard InChI is InChI=1S/C21H19F2N3OS/c1-24-20(26-18-15(22)6-4-7-16(18)23)21-25-17-8-3-5-12-9-10-13(27-2)11-14(12)19(17)28-21/h4,6-7,9-11H,3,5,8H2,1-2H3,(H,24,26). The van der Waals surface area contributed by atoms with Crippen LogP contribution in [0.4, 0.5) is 14.5 Å². The molecule has 0 saturated carbocycles. The Bertz CT molecular complexity index is 1040. The number of nitrogens with zero attached hydrogens (tertiary/aromatic N) is 2. The second-order valence-electron chi connectivity index (χ2n) is 6.47. The van der Waals surface area contributed by atoms with E-state index in [1.165, 1.54) is 35.1 Å². The van der Waals surface area contributed by atoms with Gasteiger partial charge >= 0.3 is 0 Å². The van der Waals surface area contributed by atoms with Gasteiger partial charge in [0.1, 0.15) is 23.1 Å². The van der Waals surface area contributed by atoms with Crippen molar-refractivity contribution < 1.29 is 13.5 Å². The number of benzene rings is 2. The minimum Gasteiger partial charge on any atom is -0.497 e. The molecule has 4 nitrogen and oxygen atoms in total. The Morgan fingerprint density at radius 2 is 1.96 bits per heavy atom. The number of aliphatic imine (C=N–C) groups is 1. The molecular weight excluding hydrogens is 380 g/mol. The summed E-state index contributed by atoms with van der Waals surface area (Å²) in [5, 5.41) is 3.38. The lowest BCUT2D eigenvalue weighted by Gasteiger charge is -2.09. The minimum absolute atomic E-state index is 0.226. The van der Waals surface area contributed by atoms with Crippen molar-refractivity contribution in [2.45, 2.75) is 19.3 Å². The van der Waals surface area contributed by atoms with E-state index in [1.54, 1.807) is 14.2 Å². The molecule has 0 radical (unpaired) electrons. The number of ether oxygens (including phenoxy) is 1. The molecule has 0 fully saturated rings. The molecule has 0 bridgehead atoms. The van der Waals surface area contributed by atoms with Gasteiger partial charge in [-0.3, -0.25) is 4.99 Å². The van der Waals surface area contributed by atoms with E-state index in [9.17, 15) is 8.78 Å². The summed E-state index contributed by atoms with van der Waals surface area (Å²) < 4.78 is 33.5. The summed E-state index contributed by atoms with van der Waals surface area (Å²) in [5.41, 5.74) is 3.10. The van der Waals surface area contributed by atoms with Crippen LogP contribution in [0.25, 0.3) is 10.4 Å². The molecule has 1 aliphatic rings. The zero-order valence-electron chi connectivity index (χ0n) is 15.6. The van der Waals surface area contributed by atoms with Crippen LogP contribution >= 0.6 is 11.3 Å². The van der Waals surface area contributed by atoms with Crippen molar-refractivity contribution >= 4 is 22.9 Å². The molecule has 3 aromatic rings. The molecule has 0 saturated heterocycles. The number of aromatic nitrogens is 1. The number of fused-ring (bicyclic) bond motifs is 3. The Kier molecular flexibility index (Phi) is 5.09. The highest BCUT2D eigenvalue weighted by atomic mass is 32.1. The average Bonchev–Trinajstić information content (AvgIpc) is 3.04. The van der Waals surface area contributed by atoms with Crippen molar-refractivity contribution in [2.75, 3.05) is 19.5 Å². The minimum atomic E-state index is -0.672. The zero-order chi connectivity index (χ0) is 19.7. The highest BCUT2D eigenvalue weighted by Gasteiger charge is 2.22. The lowest BCUT2D eigenvalue weighted by molar-refractivity contribution is 0.415. The molecule has 144 valence electrons. The van der Waals surface area contributed by atoms with E-state index >= 15 is 0 Å². The fourth-order valence-electron chi connectivity index (χ4n) is 3.33. The first kappa shape index (κ1) is 18.6. The van der Waals surface area contributed by atoms with Gasteiger partial charge in [0.15, 0.2) is 10.8 Å². The van der Waals surface area contributed by atoms with Crippen LogP contribution in [0, 0.1) is 11.6 Å². The highest BCUT2D eigenvalue weighted by Crippen LogP contribution is 2.39. The molecule has 1 aromatic heterocycles. The van der Waals surface area contributed by atoms with Gasteiger partial charge < -0.3 is 10.1 Å². The third-order valence-corrected chi connectivity index (χ3v) is 5.89. The molecule has 1 N–H and O–H groups in total. The number of para-hydroxylation sites is 1. The van der Waals surface area contributed by atoms with Crippen molar-refractivity contribution in [3.05, 3.63) is 64.3 Å². The van der Waals surface area contributed by atoms with E-state index in [1.807, 2.05) is 12.1 Å². The van der Waals surface area contributed by atoms with Gasteiger partial charge in [-0.15, -0.1) is 11.3 Å². The summed E-state index contributed by atoms with van der Waals surface area (Å²) in [7, 11) is 3.22. The first-order valence-corrected chi connectivity index (χ1v) is 9.77. The van der Waals surface area contributed by atoms with Crippen LogP contribution in [0.5, 0.6) is 5.75 Å². The van der Waals surface area contributed by atoms with Gasteiger partial charge in [-0.25, -0.2) is 13.8 Å². The third kappa shape index (κ3) is 3.38. The lowest BCUT2D eigenvalue weighted by Crippen LogP contribution is -2.15. The molecule has 28 heavy (non-hydrogen) atoms. The summed E-state index contributed by atoms with van der Waals surface area (Å²) in [6, 6.07) is 9.82. The number of methoxy groups -OCH3 is 1. The summed E-state index contributed by atoms with van der Waals surface area (Å²) in [6.07, 6.45) is 2.81. The Hall–Kier alpha value is -2.80. The summed E-state index contributed by atoms with van der Waals surface area (Å²) >= 11 is 1.47. The van der Waals surface area contributed by atoms with Gasteiger partial charge in [0.25, 0.3) is 0 Å². The molecule has 1 aliphatic carbocycles. The van der Waals surface area contributed by atoms with Crippen LogP contribution < -0.4 is 10.1 Å². The number of nitrogens with one attached hydrogen (secondary N) is 1.